The van der Waals surface area contributed by atoms with Crippen molar-refractivity contribution in [2.24, 2.45) is 0 Å². The van der Waals surface area contributed by atoms with Crippen LogP contribution in [-0.4, -0.2) is 49.0 Å². The van der Waals surface area contributed by atoms with Crippen LogP contribution in [-0.2, 0) is 4.79 Å². The van der Waals surface area contributed by atoms with E-state index in [1.165, 1.54) is 4.90 Å². The SMILES string of the molecule is C=CCN1CC2=C(C1=O)C(c1cccc(OC)c1)NC(=O)N2C. The van der Waals surface area contributed by atoms with Gasteiger partial charge in [0.05, 0.1) is 31.0 Å². The summed E-state index contributed by atoms with van der Waals surface area (Å²) in [6.07, 6.45) is 1.69. The molecule has 6 heteroatoms. The summed E-state index contributed by atoms with van der Waals surface area (Å²) in [6.45, 7) is 4.56. The van der Waals surface area contributed by atoms with Gasteiger partial charge < -0.3 is 15.0 Å². The van der Waals surface area contributed by atoms with Gasteiger partial charge in [0.2, 0.25) is 0 Å². The zero-order valence-corrected chi connectivity index (χ0v) is 13.2. The molecule has 1 aromatic rings. The number of ether oxygens (including phenoxy) is 1. The second-order valence-electron chi connectivity index (χ2n) is 5.55. The molecule has 1 unspecified atom stereocenters. The number of nitrogens with one attached hydrogen (secondary N) is 1. The number of methoxy groups -OCH3 is 1. The van der Waals surface area contributed by atoms with Crippen molar-refractivity contribution in [3.8, 4) is 5.75 Å². The first-order chi connectivity index (χ1) is 11.1. The molecule has 0 saturated carbocycles. The van der Waals surface area contributed by atoms with Crippen LogP contribution in [0.25, 0.3) is 0 Å². The minimum atomic E-state index is -0.467. The van der Waals surface area contributed by atoms with Crippen LogP contribution >= 0.6 is 0 Å². The van der Waals surface area contributed by atoms with Gasteiger partial charge in [-0.05, 0) is 17.7 Å². The zero-order valence-electron chi connectivity index (χ0n) is 13.2. The van der Waals surface area contributed by atoms with Gasteiger partial charge in [0, 0.05) is 13.6 Å². The molecule has 6 nitrogen and oxygen atoms in total. The van der Waals surface area contributed by atoms with E-state index in [-0.39, 0.29) is 11.9 Å². The molecule has 0 spiro atoms. The number of carbonyl (C=O) groups is 2. The first-order valence-electron chi connectivity index (χ1n) is 7.38. The molecule has 23 heavy (non-hydrogen) atoms. The number of hydrogen-bond donors (Lipinski definition) is 1. The number of urea groups is 1. The summed E-state index contributed by atoms with van der Waals surface area (Å²) in [4.78, 5) is 28.2. The molecule has 2 aliphatic heterocycles. The van der Waals surface area contributed by atoms with E-state index in [1.807, 2.05) is 24.3 Å². The highest BCUT2D eigenvalue weighted by Gasteiger charge is 2.42. The fourth-order valence-corrected chi connectivity index (χ4v) is 3.00. The van der Waals surface area contributed by atoms with E-state index in [1.54, 1.807) is 25.1 Å². The van der Waals surface area contributed by atoms with Crippen molar-refractivity contribution in [1.82, 2.24) is 15.1 Å². The molecule has 2 aliphatic rings. The maximum absolute atomic E-state index is 12.7. The van der Waals surface area contributed by atoms with Gasteiger partial charge in [0.1, 0.15) is 5.75 Å². The summed E-state index contributed by atoms with van der Waals surface area (Å²) in [5, 5.41) is 2.90. The molecular formula is C17H19N3O3. The van der Waals surface area contributed by atoms with E-state index in [0.717, 1.165) is 11.3 Å². The third-order valence-corrected chi connectivity index (χ3v) is 4.21. The van der Waals surface area contributed by atoms with Gasteiger partial charge in [-0.1, -0.05) is 18.2 Å². The summed E-state index contributed by atoms with van der Waals surface area (Å²) < 4.78 is 5.24. The number of amides is 3. The Morgan fingerprint density at radius 1 is 1.43 bits per heavy atom. The summed E-state index contributed by atoms with van der Waals surface area (Å²) >= 11 is 0. The molecular weight excluding hydrogens is 294 g/mol. The van der Waals surface area contributed by atoms with E-state index in [9.17, 15) is 9.59 Å². The molecule has 0 aromatic heterocycles. The fourth-order valence-electron chi connectivity index (χ4n) is 3.00. The Morgan fingerprint density at radius 3 is 2.91 bits per heavy atom. The van der Waals surface area contributed by atoms with Crippen LogP contribution in [0.4, 0.5) is 4.79 Å². The lowest BCUT2D eigenvalue weighted by molar-refractivity contribution is -0.125. The van der Waals surface area contributed by atoms with Crippen LogP contribution in [0, 0.1) is 0 Å². The maximum Gasteiger partial charge on any atom is 0.322 e. The average molecular weight is 313 g/mol. The van der Waals surface area contributed by atoms with Crippen LogP contribution in [0.3, 0.4) is 0 Å². The minimum absolute atomic E-state index is 0.0698. The Labute approximate surface area is 135 Å². The third kappa shape index (κ3) is 2.46. The van der Waals surface area contributed by atoms with Gasteiger partial charge >= 0.3 is 6.03 Å². The molecule has 120 valence electrons. The van der Waals surface area contributed by atoms with E-state index >= 15 is 0 Å². The summed E-state index contributed by atoms with van der Waals surface area (Å²) in [6, 6.07) is 6.71. The number of likely N-dealkylation sites (N-methyl/N-ethyl adjacent to an activating group) is 1. The topological polar surface area (TPSA) is 61.9 Å². The Balaban J connectivity index is 2.04. The van der Waals surface area contributed by atoms with Crippen molar-refractivity contribution in [2.75, 3.05) is 27.2 Å². The van der Waals surface area contributed by atoms with Crippen LogP contribution in [0.1, 0.15) is 11.6 Å². The average Bonchev–Trinajstić information content (AvgIpc) is 2.89. The maximum atomic E-state index is 12.7. The van der Waals surface area contributed by atoms with E-state index in [4.69, 9.17) is 4.74 Å². The van der Waals surface area contributed by atoms with E-state index in [2.05, 4.69) is 11.9 Å². The Bertz CT molecular complexity index is 711. The van der Waals surface area contributed by atoms with Crippen molar-refractivity contribution in [1.29, 1.82) is 0 Å². The lowest BCUT2D eigenvalue weighted by atomic mass is 9.95. The first-order valence-corrected chi connectivity index (χ1v) is 7.38. The Hall–Kier alpha value is -2.76. The number of hydrogen-bond acceptors (Lipinski definition) is 3. The second-order valence-corrected chi connectivity index (χ2v) is 5.55. The van der Waals surface area contributed by atoms with Gasteiger partial charge in [-0.3, -0.25) is 9.69 Å². The van der Waals surface area contributed by atoms with Crippen LogP contribution < -0.4 is 10.1 Å². The molecule has 0 bridgehead atoms. The Kier molecular flexibility index (Phi) is 3.82. The van der Waals surface area contributed by atoms with Gasteiger partial charge in [-0.2, -0.15) is 0 Å². The van der Waals surface area contributed by atoms with Crippen molar-refractivity contribution < 1.29 is 14.3 Å². The summed E-state index contributed by atoms with van der Waals surface area (Å²) in [7, 11) is 3.26. The molecule has 1 N–H and O–H groups in total. The molecule has 1 atom stereocenters. The number of rotatable bonds is 4. The summed E-state index contributed by atoms with van der Waals surface area (Å²) in [5.74, 6) is 0.616. The van der Waals surface area contributed by atoms with Crippen LogP contribution in [0.15, 0.2) is 48.2 Å². The molecule has 3 amide bonds. The second kappa shape index (κ2) is 5.79. The molecule has 0 aliphatic carbocycles. The standard InChI is InChI=1S/C17H19N3O3/c1-4-8-20-10-13-14(16(20)21)15(18-17(22)19(13)2)11-6-5-7-12(9-11)23-3/h4-7,9,15H,1,8,10H2,2-3H3,(H,18,22). The Morgan fingerprint density at radius 2 is 2.22 bits per heavy atom. The number of benzene rings is 1. The van der Waals surface area contributed by atoms with Gasteiger partial charge in [-0.25, -0.2) is 4.79 Å². The molecule has 1 aromatic carbocycles. The van der Waals surface area contributed by atoms with Gasteiger partial charge in [0.25, 0.3) is 5.91 Å². The van der Waals surface area contributed by atoms with Crippen LogP contribution in [0.5, 0.6) is 5.75 Å². The molecule has 0 saturated heterocycles. The van der Waals surface area contributed by atoms with Crippen molar-refractivity contribution in [3.05, 3.63) is 53.8 Å². The molecule has 0 fully saturated rings. The van der Waals surface area contributed by atoms with Crippen molar-refractivity contribution in [3.63, 3.8) is 0 Å². The molecule has 0 radical (unpaired) electrons. The zero-order chi connectivity index (χ0) is 16.6. The van der Waals surface area contributed by atoms with Crippen molar-refractivity contribution >= 4 is 11.9 Å². The third-order valence-electron chi connectivity index (χ3n) is 4.21. The number of carbonyl (C=O) groups excluding carboxylic acids is 2. The quantitative estimate of drug-likeness (QED) is 0.860. The smallest absolute Gasteiger partial charge is 0.322 e. The largest absolute Gasteiger partial charge is 0.497 e. The normalized spacial score (nSPS) is 20.5. The van der Waals surface area contributed by atoms with Crippen LogP contribution in [0.2, 0.25) is 0 Å². The monoisotopic (exact) mass is 313 g/mol. The first kappa shape index (κ1) is 15.1. The molecule has 2 heterocycles. The number of nitrogens with zero attached hydrogens (tertiary/aromatic N) is 2. The van der Waals surface area contributed by atoms with E-state index < -0.39 is 6.04 Å². The predicted molar refractivity (Wildman–Crippen MR) is 85.8 cm³/mol. The van der Waals surface area contributed by atoms with Gasteiger partial charge in [0.15, 0.2) is 0 Å². The fraction of sp³-hybridized carbons (Fsp3) is 0.294. The lowest BCUT2D eigenvalue weighted by Crippen LogP contribution is -2.45. The van der Waals surface area contributed by atoms with E-state index in [0.29, 0.717) is 24.4 Å². The van der Waals surface area contributed by atoms with Crippen molar-refractivity contribution in [2.45, 2.75) is 6.04 Å². The lowest BCUT2D eigenvalue weighted by Gasteiger charge is -2.31. The van der Waals surface area contributed by atoms with Gasteiger partial charge in [-0.15, -0.1) is 6.58 Å². The highest BCUT2D eigenvalue weighted by atomic mass is 16.5. The highest BCUT2D eigenvalue weighted by molar-refractivity contribution is 6.01. The highest BCUT2D eigenvalue weighted by Crippen LogP contribution is 2.36. The molecule has 3 rings (SSSR count). The minimum Gasteiger partial charge on any atom is -0.497 e. The summed E-state index contributed by atoms with van der Waals surface area (Å²) in [5.41, 5.74) is 2.18. The predicted octanol–water partition coefficient (Wildman–Crippen LogP) is 1.67.